The van der Waals surface area contributed by atoms with Crippen LogP contribution in [-0.4, -0.2) is 0 Å². The van der Waals surface area contributed by atoms with Gasteiger partial charge < -0.3 is 0 Å². The van der Waals surface area contributed by atoms with Crippen LogP contribution in [0.2, 0.25) is 0 Å². The zero-order valence-electron chi connectivity index (χ0n) is 6.24. The van der Waals surface area contributed by atoms with Crippen LogP contribution in [0.25, 0.3) is 0 Å². The van der Waals surface area contributed by atoms with E-state index in [2.05, 4.69) is 26.3 Å². The first kappa shape index (κ1) is 8.99. The zero-order valence-corrected chi connectivity index (χ0v) is 7.83. The van der Waals surface area contributed by atoms with Crippen molar-refractivity contribution >= 4 is 27.3 Å². The summed E-state index contributed by atoms with van der Waals surface area (Å²) >= 11 is 3.13. The van der Waals surface area contributed by atoms with Crippen molar-refractivity contribution in [2.45, 2.75) is 6.92 Å². The van der Waals surface area contributed by atoms with E-state index in [1.165, 1.54) is 6.07 Å². The molecule has 0 saturated carbocycles. The SMILES string of the molecule is Cc1cc(Br)c(N=O)cc1N=O. The molecule has 0 fully saturated rings. The lowest BCUT2D eigenvalue weighted by Gasteiger charge is -1.98. The van der Waals surface area contributed by atoms with Crippen molar-refractivity contribution < 1.29 is 0 Å². The van der Waals surface area contributed by atoms with E-state index in [0.29, 0.717) is 10.0 Å². The molecule has 0 aliphatic carbocycles. The smallest absolute Gasteiger partial charge is 0.124 e. The van der Waals surface area contributed by atoms with Gasteiger partial charge in [-0.3, -0.25) is 0 Å². The van der Waals surface area contributed by atoms with Crippen LogP contribution >= 0.6 is 15.9 Å². The first-order valence-corrected chi connectivity index (χ1v) is 3.95. The summed E-state index contributed by atoms with van der Waals surface area (Å²) in [5, 5.41) is 5.47. The Kier molecular flexibility index (Phi) is 2.65. The van der Waals surface area contributed by atoms with Gasteiger partial charge in [-0.2, -0.15) is 0 Å². The maximum atomic E-state index is 10.2. The van der Waals surface area contributed by atoms with Crippen LogP contribution in [0, 0.1) is 16.7 Å². The normalized spacial score (nSPS) is 9.50. The van der Waals surface area contributed by atoms with Crippen LogP contribution in [-0.2, 0) is 0 Å². The minimum atomic E-state index is 0.190. The molecule has 5 heteroatoms. The van der Waals surface area contributed by atoms with E-state index < -0.39 is 0 Å². The molecule has 0 atom stereocenters. The van der Waals surface area contributed by atoms with Crippen LogP contribution in [0.4, 0.5) is 11.4 Å². The van der Waals surface area contributed by atoms with Gasteiger partial charge >= 0.3 is 0 Å². The van der Waals surface area contributed by atoms with E-state index in [1.807, 2.05) is 0 Å². The molecule has 0 radical (unpaired) electrons. The van der Waals surface area contributed by atoms with Crippen molar-refractivity contribution in [3.8, 4) is 0 Å². The van der Waals surface area contributed by atoms with E-state index >= 15 is 0 Å². The molecule has 1 aromatic rings. The summed E-state index contributed by atoms with van der Waals surface area (Å²) in [6, 6.07) is 2.98. The minimum absolute atomic E-state index is 0.190. The number of aryl methyl sites for hydroxylation is 1. The highest BCUT2D eigenvalue weighted by Crippen LogP contribution is 2.32. The molecule has 0 bridgehead atoms. The summed E-state index contributed by atoms with van der Waals surface area (Å²) in [5.41, 5.74) is 1.15. The van der Waals surface area contributed by atoms with Crippen molar-refractivity contribution in [1.82, 2.24) is 0 Å². The molecule has 0 N–H and O–H groups in total. The van der Waals surface area contributed by atoms with Gasteiger partial charge in [-0.1, -0.05) is 0 Å². The van der Waals surface area contributed by atoms with E-state index in [0.717, 1.165) is 0 Å². The molecular formula is C7H5BrN2O2. The van der Waals surface area contributed by atoms with Crippen LogP contribution < -0.4 is 0 Å². The summed E-state index contributed by atoms with van der Waals surface area (Å²) in [6.07, 6.45) is 0. The third kappa shape index (κ3) is 1.55. The van der Waals surface area contributed by atoms with Crippen molar-refractivity contribution in [3.63, 3.8) is 0 Å². The third-order valence-electron chi connectivity index (χ3n) is 1.46. The molecule has 0 spiro atoms. The molecule has 1 aromatic carbocycles. The lowest BCUT2D eigenvalue weighted by molar-refractivity contribution is 1.35. The Labute approximate surface area is 77.1 Å². The molecule has 0 aliphatic heterocycles. The van der Waals surface area contributed by atoms with Gasteiger partial charge in [0.05, 0.1) is 0 Å². The Hall–Kier alpha value is -1.10. The fraction of sp³-hybridized carbons (Fsp3) is 0.143. The molecule has 0 heterocycles. The number of nitroso groups, excluding NO2 is 2. The lowest BCUT2D eigenvalue weighted by atomic mass is 10.2. The second-order valence-electron chi connectivity index (χ2n) is 2.27. The summed E-state index contributed by atoms with van der Waals surface area (Å²) in [5.74, 6) is 0. The van der Waals surface area contributed by atoms with Crippen molar-refractivity contribution in [2.24, 2.45) is 10.4 Å². The van der Waals surface area contributed by atoms with Crippen LogP contribution in [0.5, 0.6) is 0 Å². The molecule has 0 saturated heterocycles. The molecule has 0 aromatic heterocycles. The number of nitrogens with zero attached hydrogens (tertiary/aromatic N) is 2. The molecule has 0 aliphatic rings. The minimum Gasteiger partial charge on any atom is -0.145 e. The predicted molar refractivity (Wildman–Crippen MR) is 49.8 cm³/mol. The Bertz CT molecular complexity index is 309. The van der Waals surface area contributed by atoms with E-state index in [1.54, 1.807) is 13.0 Å². The summed E-state index contributed by atoms with van der Waals surface area (Å²) < 4.78 is 0.572. The Morgan fingerprint density at radius 2 is 1.75 bits per heavy atom. The van der Waals surface area contributed by atoms with Crippen LogP contribution in [0.15, 0.2) is 27.0 Å². The summed E-state index contributed by atoms with van der Waals surface area (Å²) in [6.45, 7) is 1.73. The number of hydrogen-bond donors (Lipinski definition) is 0. The number of benzene rings is 1. The fourth-order valence-corrected chi connectivity index (χ4v) is 1.35. The largest absolute Gasteiger partial charge is 0.145 e. The van der Waals surface area contributed by atoms with Gasteiger partial charge in [0.25, 0.3) is 0 Å². The maximum Gasteiger partial charge on any atom is 0.124 e. The highest BCUT2D eigenvalue weighted by atomic mass is 79.9. The Balaban J connectivity index is 3.36. The molecule has 0 amide bonds. The van der Waals surface area contributed by atoms with E-state index in [9.17, 15) is 9.81 Å². The van der Waals surface area contributed by atoms with Crippen LogP contribution in [0.3, 0.4) is 0 Å². The monoisotopic (exact) mass is 228 g/mol. The molecule has 0 unspecified atom stereocenters. The zero-order chi connectivity index (χ0) is 9.14. The van der Waals surface area contributed by atoms with Crippen molar-refractivity contribution in [3.05, 3.63) is 32.0 Å². The number of hydrogen-bond acceptors (Lipinski definition) is 4. The average Bonchev–Trinajstić information content (AvgIpc) is 2.05. The van der Waals surface area contributed by atoms with Gasteiger partial charge in [0.15, 0.2) is 0 Å². The highest BCUT2D eigenvalue weighted by molar-refractivity contribution is 9.10. The van der Waals surface area contributed by atoms with Crippen molar-refractivity contribution in [1.29, 1.82) is 0 Å². The Morgan fingerprint density at radius 1 is 1.17 bits per heavy atom. The highest BCUT2D eigenvalue weighted by Gasteiger charge is 2.05. The van der Waals surface area contributed by atoms with Crippen molar-refractivity contribution in [2.75, 3.05) is 0 Å². The molecule has 1 rings (SSSR count). The molecule has 4 nitrogen and oxygen atoms in total. The van der Waals surface area contributed by atoms with Gasteiger partial charge in [-0.25, -0.2) is 0 Å². The summed E-state index contributed by atoms with van der Waals surface area (Å²) in [7, 11) is 0. The second kappa shape index (κ2) is 3.53. The fourth-order valence-electron chi connectivity index (χ4n) is 0.819. The predicted octanol–water partition coefficient (Wildman–Crippen LogP) is 3.55. The first-order valence-electron chi connectivity index (χ1n) is 3.16. The standard InChI is InChI=1S/C7H5BrN2O2/c1-4-2-5(8)7(10-12)3-6(4)9-11/h2-3H,1H3. The van der Waals surface area contributed by atoms with E-state index in [4.69, 9.17) is 0 Å². The second-order valence-corrected chi connectivity index (χ2v) is 3.13. The van der Waals surface area contributed by atoms with Gasteiger partial charge in [0, 0.05) is 4.47 Å². The average molecular weight is 229 g/mol. The van der Waals surface area contributed by atoms with Crippen LogP contribution in [0.1, 0.15) is 5.56 Å². The summed E-state index contributed by atoms with van der Waals surface area (Å²) in [4.78, 5) is 20.4. The number of rotatable bonds is 2. The van der Waals surface area contributed by atoms with Gasteiger partial charge in [0.2, 0.25) is 0 Å². The van der Waals surface area contributed by atoms with Gasteiger partial charge in [0.1, 0.15) is 11.4 Å². The van der Waals surface area contributed by atoms with E-state index in [-0.39, 0.29) is 11.4 Å². The molecular weight excluding hydrogens is 224 g/mol. The third-order valence-corrected chi connectivity index (χ3v) is 2.10. The topological polar surface area (TPSA) is 58.9 Å². The number of halogens is 1. The lowest BCUT2D eigenvalue weighted by Crippen LogP contribution is -1.75. The quantitative estimate of drug-likeness (QED) is 0.728. The van der Waals surface area contributed by atoms with Gasteiger partial charge in [-0.05, 0) is 50.9 Å². The maximum absolute atomic E-state index is 10.2. The first-order chi connectivity index (χ1) is 5.69. The molecule has 12 heavy (non-hydrogen) atoms. The van der Waals surface area contributed by atoms with Gasteiger partial charge in [-0.15, -0.1) is 9.81 Å². The molecule has 62 valence electrons. The Morgan fingerprint density at radius 3 is 2.25 bits per heavy atom.